The molecule has 1 aliphatic rings. The van der Waals surface area contributed by atoms with Crippen molar-refractivity contribution in [1.82, 2.24) is 0 Å². The molecular formula is C24H20O6. The molecule has 0 bridgehead atoms. The molecule has 0 aliphatic heterocycles. The fraction of sp³-hybridized carbons (Fsp3) is 0.208. The summed E-state index contributed by atoms with van der Waals surface area (Å²) in [5, 5.41) is 21.2. The maximum Gasteiger partial charge on any atom is 0.202 e. The Morgan fingerprint density at radius 3 is 2.50 bits per heavy atom. The second kappa shape index (κ2) is 6.78. The molecule has 0 amide bonds. The summed E-state index contributed by atoms with van der Waals surface area (Å²) in [6.45, 7) is 4.97. The summed E-state index contributed by atoms with van der Waals surface area (Å²) in [6.07, 6.45) is 3.70. The third-order valence-electron chi connectivity index (χ3n) is 5.47. The van der Waals surface area contributed by atoms with Crippen LogP contribution in [0.15, 0.2) is 51.7 Å². The van der Waals surface area contributed by atoms with E-state index in [2.05, 4.69) is 0 Å². The molecule has 2 aromatic carbocycles. The Morgan fingerprint density at radius 1 is 1.07 bits per heavy atom. The van der Waals surface area contributed by atoms with Gasteiger partial charge in [0, 0.05) is 23.6 Å². The summed E-state index contributed by atoms with van der Waals surface area (Å²) in [5.74, 6) is -1.36. The van der Waals surface area contributed by atoms with E-state index < -0.39 is 22.6 Å². The lowest BCUT2D eigenvalue weighted by Gasteiger charge is -2.23. The Hall–Kier alpha value is -3.51. The molecule has 6 nitrogen and oxygen atoms in total. The Labute approximate surface area is 172 Å². The third-order valence-corrected chi connectivity index (χ3v) is 5.47. The summed E-state index contributed by atoms with van der Waals surface area (Å²) >= 11 is 0. The van der Waals surface area contributed by atoms with E-state index in [-0.39, 0.29) is 51.2 Å². The molecule has 1 aliphatic carbocycles. The lowest BCUT2D eigenvalue weighted by Crippen LogP contribution is -2.25. The number of phenolic OH excluding ortho intramolecular Hbond substituents is 1. The van der Waals surface area contributed by atoms with Gasteiger partial charge in [-0.1, -0.05) is 24.3 Å². The number of aryl methyl sites for hydroxylation is 1. The highest BCUT2D eigenvalue weighted by Crippen LogP contribution is 2.38. The van der Waals surface area contributed by atoms with Crippen LogP contribution in [0.1, 0.15) is 63.4 Å². The SMILES string of the molecule is CC=CCC(C)(O)c1cc(=O)c2c(C)cc3c(c2o1)C(=O)c1c(O)cccc1C3=O. The maximum atomic E-state index is 13.3. The number of carbonyl (C=O) groups excluding carboxylic acids is 2. The van der Waals surface area contributed by atoms with Crippen LogP contribution in [0.5, 0.6) is 5.75 Å². The van der Waals surface area contributed by atoms with Crippen LogP contribution in [0.25, 0.3) is 11.0 Å². The predicted octanol–water partition coefficient (Wildman–Crippen LogP) is 3.76. The molecule has 1 unspecified atom stereocenters. The fourth-order valence-electron chi connectivity index (χ4n) is 3.88. The number of aromatic hydroxyl groups is 1. The molecule has 152 valence electrons. The van der Waals surface area contributed by atoms with E-state index in [0.29, 0.717) is 5.56 Å². The van der Waals surface area contributed by atoms with Crippen LogP contribution in [0.3, 0.4) is 0 Å². The number of hydrogen-bond acceptors (Lipinski definition) is 6. The molecule has 0 saturated carbocycles. The topological polar surface area (TPSA) is 105 Å². The molecule has 30 heavy (non-hydrogen) atoms. The molecule has 1 aromatic heterocycles. The lowest BCUT2D eigenvalue weighted by molar-refractivity contribution is 0.0374. The largest absolute Gasteiger partial charge is 0.507 e. The second-order valence-electron chi connectivity index (χ2n) is 7.70. The summed E-state index contributed by atoms with van der Waals surface area (Å²) in [6, 6.07) is 7.02. The quantitative estimate of drug-likeness (QED) is 0.504. The van der Waals surface area contributed by atoms with Crippen molar-refractivity contribution in [1.29, 1.82) is 0 Å². The number of aliphatic hydroxyl groups is 1. The zero-order valence-corrected chi connectivity index (χ0v) is 16.8. The molecule has 4 rings (SSSR count). The van der Waals surface area contributed by atoms with E-state index in [0.717, 1.165) is 0 Å². The van der Waals surface area contributed by atoms with Gasteiger partial charge in [0.2, 0.25) is 5.78 Å². The van der Waals surface area contributed by atoms with Gasteiger partial charge in [-0.25, -0.2) is 0 Å². The Kier molecular flexibility index (Phi) is 4.47. The first-order valence-electron chi connectivity index (χ1n) is 9.54. The summed E-state index contributed by atoms with van der Waals surface area (Å²) < 4.78 is 5.92. The highest BCUT2D eigenvalue weighted by molar-refractivity contribution is 6.32. The molecule has 6 heteroatoms. The van der Waals surface area contributed by atoms with Crippen LogP contribution in [-0.4, -0.2) is 21.8 Å². The number of rotatable bonds is 3. The molecule has 0 radical (unpaired) electrons. The Balaban J connectivity index is 2.09. The van der Waals surface area contributed by atoms with Gasteiger partial charge >= 0.3 is 0 Å². The number of phenols is 1. The van der Waals surface area contributed by atoms with Crippen molar-refractivity contribution in [2.24, 2.45) is 0 Å². The van der Waals surface area contributed by atoms with Crippen molar-refractivity contribution in [3.05, 3.63) is 86.3 Å². The van der Waals surface area contributed by atoms with Gasteiger partial charge in [0.15, 0.2) is 11.2 Å². The second-order valence-corrected chi connectivity index (χ2v) is 7.70. The molecule has 0 spiro atoms. The number of carbonyl (C=O) groups is 2. The van der Waals surface area contributed by atoms with Crippen LogP contribution >= 0.6 is 0 Å². The average molecular weight is 404 g/mol. The maximum absolute atomic E-state index is 13.3. The average Bonchev–Trinajstić information content (AvgIpc) is 2.69. The smallest absolute Gasteiger partial charge is 0.202 e. The molecule has 2 N–H and O–H groups in total. The van der Waals surface area contributed by atoms with E-state index in [1.807, 2.05) is 0 Å². The van der Waals surface area contributed by atoms with Crippen LogP contribution in [-0.2, 0) is 5.60 Å². The van der Waals surface area contributed by atoms with E-state index in [9.17, 15) is 24.6 Å². The van der Waals surface area contributed by atoms with Crippen LogP contribution in [0.4, 0.5) is 0 Å². The van der Waals surface area contributed by atoms with E-state index in [4.69, 9.17) is 4.42 Å². The predicted molar refractivity (Wildman–Crippen MR) is 111 cm³/mol. The van der Waals surface area contributed by atoms with Crippen molar-refractivity contribution in [3.63, 3.8) is 0 Å². The number of ketones is 2. The molecule has 1 atom stereocenters. The van der Waals surface area contributed by atoms with Gasteiger partial charge < -0.3 is 14.6 Å². The Morgan fingerprint density at radius 2 is 1.80 bits per heavy atom. The van der Waals surface area contributed by atoms with Crippen molar-refractivity contribution in [2.75, 3.05) is 0 Å². The highest BCUT2D eigenvalue weighted by atomic mass is 16.4. The minimum Gasteiger partial charge on any atom is -0.507 e. The fourth-order valence-corrected chi connectivity index (χ4v) is 3.88. The van der Waals surface area contributed by atoms with Crippen LogP contribution in [0, 0.1) is 6.92 Å². The number of hydrogen-bond donors (Lipinski definition) is 2. The third kappa shape index (κ3) is 2.80. The minimum absolute atomic E-state index is 0.00534. The first kappa shape index (κ1) is 19.8. The zero-order chi connectivity index (χ0) is 21.8. The van der Waals surface area contributed by atoms with Crippen LogP contribution < -0.4 is 5.43 Å². The minimum atomic E-state index is -1.49. The van der Waals surface area contributed by atoms with Gasteiger partial charge in [0.1, 0.15) is 22.7 Å². The van der Waals surface area contributed by atoms with Crippen molar-refractivity contribution < 1.29 is 24.2 Å². The normalized spacial score (nSPS) is 15.3. The first-order valence-corrected chi connectivity index (χ1v) is 9.54. The summed E-state index contributed by atoms with van der Waals surface area (Å²) in [5.41, 5.74) is -1.46. The molecule has 0 saturated heterocycles. The first-order chi connectivity index (χ1) is 14.2. The van der Waals surface area contributed by atoms with E-state index in [1.54, 1.807) is 26.0 Å². The summed E-state index contributed by atoms with van der Waals surface area (Å²) in [7, 11) is 0. The monoisotopic (exact) mass is 404 g/mol. The highest BCUT2D eigenvalue weighted by Gasteiger charge is 2.36. The zero-order valence-electron chi connectivity index (χ0n) is 16.8. The number of fused-ring (bicyclic) bond motifs is 4. The van der Waals surface area contributed by atoms with E-state index >= 15 is 0 Å². The lowest BCUT2D eigenvalue weighted by atomic mass is 9.81. The standard InChI is InChI=1S/C24H20O6/c1-4-5-9-24(3,29)17-11-16(26)18-12(2)10-14-20(23(18)30-17)22(28)19-13(21(14)27)7-6-8-15(19)25/h4-8,10-11,25,29H,9H2,1-3H3. The van der Waals surface area contributed by atoms with Crippen molar-refractivity contribution in [2.45, 2.75) is 32.8 Å². The molecular weight excluding hydrogens is 384 g/mol. The van der Waals surface area contributed by atoms with Crippen LogP contribution in [0.2, 0.25) is 0 Å². The molecule has 1 heterocycles. The number of benzene rings is 2. The Bertz CT molecular complexity index is 1320. The van der Waals surface area contributed by atoms with Gasteiger partial charge in [0.25, 0.3) is 0 Å². The van der Waals surface area contributed by atoms with E-state index in [1.165, 1.54) is 37.3 Å². The number of allylic oxidation sites excluding steroid dienone is 1. The molecule has 3 aromatic rings. The summed E-state index contributed by atoms with van der Waals surface area (Å²) in [4.78, 5) is 39.3. The van der Waals surface area contributed by atoms with Crippen molar-refractivity contribution in [3.8, 4) is 5.75 Å². The van der Waals surface area contributed by atoms with Gasteiger partial charge in [-0.2, -0.15) is 0 Å². The van der Waals surface area contributed by atoms with Gasteiger partial charge in [-0.15, -0.1) is 0 Å². The molecule has 0 fully saturated rings. The van der Waals surface area contributed by atoms with Gasteiger partial charge in [0.05, 0.1) is 16.5 Å². The van der Waals surface area contributed by atoms with Gasteiger partial charge in [-0.3, -0.25) is 14.4 Å². The van der Waals surface area contributed by atoms with Crippen molar-refractivity contribution >= 4 is 22.5 Å². The van der Waals surface area contributed by atoms with Gasteiger partial charge in [-0.05, 0) is 38.5 Å².